The monoisotopic (exact) mass is 425 g/mol. The molecule has 1 aromatic carbocycles. The summed E-state index contributed by atoms with van der Waals surface area (Å²) < 4.78 is 5.80. The number of benzene rings is 1. The molecule has 6 nitrogen and oxygen atoms in total. The summed E-state index contributed by atoms with van der Waals surface area (Å²) in [6.45, 7) is 14.9. The first-order valence-corrected chi connectivity index (χ1v) is 11.9. The molecule has 2 saturated heterocycles. The van der Waals surface area contributed by atoms with Gasteiger partial charge in [0.15, 0.2) is 0 Å². The first kappa shape index (κ1) is 22.2. The van der Waals surface area contributed by atoms with E-state index in [1.165, 1.54) is 28.4 Å². The fourth-order valence-corrected chi connectivity index (χ4v) is 4.70. The minimum Gasteiger partial charge on any atom is -0.493 e. The van der Waals surface area contributed by atoms with Crippen LogP contribution in [0.3, 0.4) is 0 Å². The number of nitrogens with zero attached hydrogens (tertiary/aromatic N) is 5. The smallest absolute Gasteiger partial charge is 0.129 e. The van der Waals surface area contributed by atoms with Gasteiger partial charge in [-0.05, 0) is 50.1 Å². The quantitative estimate of drug-likeness (QED) is 0.724. The van der Waals surface area contributed by atoms with Gasteiger partial charge in [0.1, 0.15) is 17.4 Å². The molecular formula is C25H39N5O. The normalized spacial score (nSPS) is 23.6. The number of amidine groups is 1. The largest absolute Gasteiger partial charge is 0.493 e. The van der Waals surface area contributed by atoms with Crippen LogP contribution in [0.4, 0.5) is 0 Å². The first-order valence-electron chi connectivity index (χ1n) is 11.9. The molecule has 0 bridgehead atoms. The summed E-state index contributed by atoms with van der Waals surface area (Å²) in [4.78, 5) is 15.0. The molecule has 170 valence electrons. The minimum absolute atomic E-state index is 0.404. The molecule has 1 atom stereocenters. The topological polar surface area (TPSA) is 34.5 Å². The second-order valence-electron chi connectivity index (χ2n) is 9.31. The number of aliphatic imine (C=N–C) groups is 1. The third-order valence-corrected chi connectivity index (χ3v) is 7.18. The maximum absolute atomic E-state index is 5.80. The number of fused-ring (bicyclic) bond motifs is 1. The Bertz CT molecular complexity index is 840. The molecule has 0 aliphatic carbocycles. The standard InChI is InChI=1S/C25H39N5O/c1-6-19(2)25(26-24-18-27(4)10-11-28(24)5)30-14-12-29(13-15-30)20(3)22-8-7-21-9-16-31-23(21)17-22/h7-8,17,20H,6,9-16,18H2,1-5H3/b25-19+,26-24-. The van der Waals surface area contributed by atoms with Gasteiger partial charge in [0.2, 0.25) is 0 Å². The van der Waals surface area contributed by atoms with Crippen molar-refractivity contribution in [3.63, 3.8) is 0 Å². The number of likely N-dealkylation sites (N-methyl/N-ethyl adjacent to an activating group) is 2. The molecule has 0 spiro atoms. The Morgan fingerprint density at radius 1 is 1.10 bits per heavy atom. The number of rotatable bonds is 5. The molecule has 0 aromatic heterocycles. The zero-order valence-corrected chi connectivity index (χ0v) is 20.0. The van der Waals surface area contributed by atoms with E-state index in [1.807, 2.05) is 0 Å². The lowest BCUT2D eigenvalue weighted by Crippen LogP contribution is -2.49. The van der Waals surface area contributed by atoms with Crippen LogP contribution < -0.4 is 4.74 Å². The average molecular weight is 426 g/mol. The van der Waals surface area contributed by atoms with E-state index in [1.54, 1.807) is 0 Å². The highest BCUT2D eigenvalue weighted by Gasteiger charge is 2.26. The van der Waals surface area contributed by atoms with Gasteiger partial charge < -0.3 is 14.5 Å². The van der Waals surface area contributed by atoms with Gasteiger partial charge >= 0.3 is 0 Å². The van der Waals surface area contributed by atoms with Gasteiger partial charge in [0, 0.05) is 58.8 Å². The molecule has 1 unspecified atom stereocenters. The molecule has 1 aromatic rings. The summed E-state index contributed by atoms with van der Waals surface area (Å²) in [6, 6.07) is 7.20. The predicted molar refractivity (Wildman–Crippen MR) is 128 cm³/mol. The molecule has 6 heteroatoms. The zero-order valence-electron chi connectivity index (χ0n) is 20.0. The second-order valence-corrected chi connectivity index (χ2v) is 9.31. The predicted octanol–water partition coefficient (Wildman–Crippen LogP) is 3.22. The lowest BCUT2D eigenvalue weighted by molar-refractivity contribution is 0.121. The van der Waals surface area contributed by atoms with Crippen LogP contribution in [0.15, 0.2) is 34.6 Å². The molecule has 2 fully saturated rings. The van der Waals surface area contributed by atoms with E-state index in [4.69, 9.17) is 9.73 Å². The van der Waals surface area contributed by atoms with Gasteiger partial charge in [-0.15, -0.1) is 0 Å². The van der Waals surface area contributed by atoms with Gasteiger partial charge in [-0.3, -0.25) is 9.80 Å². The summed E-state index contributed by atoms with van der Waals surface area (Å²) in [5.74, 6) is 3.47. The van der Waals surface area contributed by atoms with Crippen LogP contribution in [0, 0.1) is 0 Å². The number of ether oxygens (including phenoxy) is 1. The Kier molecular flexibility index (Phi) is 6.87. The van der Waals surface area contributed by atoms with Crippen molar-refractivity contribution < 1.29 is 4.74 Å². The Labute approximate surface area is 188 Å². The van der Waals surface area contributed by atoms with E-state index in [0.717, 1.165) is 71.0 Å². The van der Waals surface area contributed by atoms with Crippen molar-refractivity contribution in [1.29, 1.82) is 0 Å². The number of hydrogen-bond acceptors (Lipinski definition) is 5. The van der Waals surface area contributed by atoms with Crippen molar-refractivity contribution >= 4 is 5.84 Å². The summed E-state index contributed by atoms with van der Waals surface area (Å²) in [7, 11) is 4.35. The third kappa shape index (κ3) is 4.90. The van der Waals surface area contributed by atoms with Crippen LogP contribution in [0.5, 0.6) is 5.75 Å². The van der Waals surface area contributed by atoms with Crippen molar-refractivity contribution in [3.8, 4) is 5.75 Å². The van der Waals surface area contributed by atoms with Crippen molar-refractivity contribution in [3.05, 3.63) is 40.7 Å². The third-order valence-electron chi connectivity index (χ3n) is 7.18. The van der Waals surface area contributed by atoms with E-state index in [9.17, 15) is 0 Å². The number of piperazine rings is 2. The minimum atomic E-state index is 0.404. The van der Waals surface area contributed by atoms with Crippen LogP contribution in [0.2, 0.25) is 0 Å². The zero-order chi connectivity index (χ0) is 22.0. The van der Waals surface area contributed by atoms with E-state index in [0.29, 0.717) is 6.04 Å². The SMILES string of the molecule is CC/C(C)=C(\N=C1\CN(C)CCN1C)N1CCN(C(C)c2ccc3c(c2)OCC3)CC1. The van der Waals surface area contributed by atoms with Crippen molar-refractivity contribution in [2.75, 3.05) is 66.5 Å². The summed E-state index contributed by atoms with van der Waals surface area (Å²) in [6.07, 6.45) is 2.08. The lowest BCUT2D eigenvalue weighted by atomic mass is 10.0. The van der Waals surface area contributed by atoms with Crippen LogP contribution in [0.25, 0.3) is 0 Å². The van der Waals surface area contributed by atoms with Crippen molar-refractivity contribution in [2.24, 2.45) is 4.99 Å². The first-order chi connectivity index (χ1) is 15.0. The van der Waals surface area contributed by atoms with E-state index in [-0.39, 0.29) is 0 Å². The van der Waals surface area contributed by atoms with Gasteiger partial charge in [-0.25, -0.2) is 4.99 Å². The molecule has 3 aliphatic rings. The highest BCUT2D eigenvalue weighted by Crippen LogP contribution is 2.31. The molecule has 0 amide bonds. The van der Waals surface area contributed by atoms with Gasteiger partial charge in [0.05, 0.1) is 13.2 Å². The molecule has 0 N–H and O–H groups in total. The Morgan fingerprint density at radius 3 is 2.61 bits per heavy atom. The summed E-state index contributed by atoms with van der Waals surface area (Å²) >= 11 is 0. The fourth-order valence-electron chi connectivity index (χ4n) is 4.70. The maximum Gasteiger partial charge on any atom is 0.129 e. The van der Waals surface area contributed by atoms with Crippen molar-refractivity contribution in [2.45, 2.75) is 39.7 Å². The molecule has 0 saturated carbocycles. The summed E-state index contributed by atoms with van der Waals surface area (Å²) in [5, 5.41) is 0. The molecule has 31 heavy (non-hydrogen) atoms. The molecule has 3 aliphatic heterocycles. The molecule has 4 rings (SSSR count). The number of hydrogen-bond donors (Lipinski definition) is 0. The van der Waals surface area contributed by atoms with Gasteiger partial charge in [-0.2, -0.15) is 0 Å². The fraction of sp³-hybridized carbons (Fsp3) is 0.640. The molecule has 3 heterocycles. The van der Waals surface area contributed by atoms with E-state index < -0.39 is 0 Å². The molecular weight excluding hydrogens is 386 g/mol. The van der Waals surface area contributed by atoms with Crippen LogP contribution >= 0.6 is 0 Å². The van der Waals surface area contributed by atoms with E-state index >= 15 is 0 Å². The van der Waals surface area contributed by atoms with Crippen LogP contribution in [0.1, 0.15) is 44.4 Å². The van der Waals surface area contributed by atoms with Crippen LogP contribution in [-0.4, -0.2) is 92.0 Å². The van der Waals surface area contributed by atoms with Gasteiger partial charge in [-0.1, -0.05) is 19.1 Å². The highest BCUT2D eigenvalue weighted by atomic mass is 16.5. The highest BCUT2D eigenvalue weighted by molar-refractivity contribution is 5.85. The summed E-state index contributed by atoms with van der Waals surface area (Å²) in [5.41, 5.74) is 4.09. The van der Waals surface area contributed by atoms with Crippen LogP contribution in [-0.2, 0) is 6.42 Å². The average Bonchev–Trinajstić information content (AvgIpc) is 3.26. The Balaban J connectivity index is 1.44. The Hall–Kier alpha value is -2.05. The van der Waals surface area contributed by atoms with Crippen molar-refractivity contribution in [1.82, 2.24) is 19.6 Å². The number of allylic oxidation sites excluding steroid dienone is 1. The van der Waals surface area contributed by atoms with Gasteiger partial charge in [0.25, 0.3) is 0 Å². The second kappa shape index (κ2) is 9.61. The Morgan fingerprint density at radius 2 is 1.87 bits per heavy atom. The maximum atomic E-state index is 5.80. The lowest BCUT2D eigenvalue weighted by Gasteiger charge is -2.40. The molecule has 0 radical (unpaired) electrons. The van der Waals surface area contributed by atoms with E-state index in [2.05, 4.69) is 72.7 Å².